The van der Waals surface area contributed by atoms with Gasteiger partial charge < -0.3 is 9.88 Å². The van der Waals surface area contributed by atoms with Gasteiger partial charge in [0.1, 0.15) is 23.9 Å². The van der Waals surface area contributed by atoms with Crippen molar-refractivity contribution in [3.63, 3.8) is 0 Å². The number of pyridine rings is 1. The first-order chi connectivity index (χ1) is 16.0. The van der Waals surface area contributed by atoms with E-state index in [1.165, 1.54) is 10.9 Å². The number of nitrogens with zero attached hydrogens (tertiary/aromatic N) is 8. The molecule has 9 nitrogen and oxygen atoms in total. The molecule has 0 saturated heterocycles. The van der Waals surface area contributed by atoms with Gasteiger partial charge >= 0.3 is 0 Å². The Morgan fingerprint density at radius 3 is 2.82 bits per heavy atom. The van der Waals surface area contributed by atoms with Gasteiger partial charge in [-0.15, -0.1) is 0 Å². The predicted molar refractivity (Wildman–Crippen MR) is 117 cm³/mol. The van der Waals surface area contributed by atoms with E-state index >= 15 is 0 Å². The van der Waals surface area contributed by atoms with Crippen LogP contribution in [0.1, 0.15) is 19.4 Å². The monoisotopic (exact) mass is 447 g/mol. The van der Waals surface area contributed by atoms with Gasteiger partial charge in [-0.3, -0.25) is 4.68 Å². The number of halogens is 2. The predicted octanol–water partition coefficient (Wildman–Crippen LogP) is 4.03. The molecule has 0 aliphatic heterocycles. The van der Waals surface area contributed by atoms with E-state index in [2.05, 4.69) is 31.4 Å². The number of nitrogens with one attached hydrogen (secondary N) is 1. The highest BCUT2D eigenvalue weighted by Gasteiger charge is 2.18. The van der Waals surface area contributed by atoms with Crippen molar-refractivity contribution in [1.29, 1.82) is 10.5 Å². The van der Waals surface area contributed by atoms with Crippen LogP contribution >= 0.6 is 0 Å². The summed E-state index contributed by atoms with van der Waals surface area (Å²) in [6, 6.07) is 9.20. The fourth-order valence-corrected chi connectivity index (χ4v) is 3.43. The summed E-state index contributed by atoms with van der Waals surface area (Å²) >= 11 is 0. The maximum absolute atomic E-state index is 13.1. The summed E-state index contributed by atoms with van der Waals surface area (Å²) in [5, 5.41) is 26.1. The van der Waals surface area contributed by atoms with Crippen molar-refractivity contribution in [2.24, 2.45) is 0 Å². The molecule has 0 aliphatic rings. The highest BCUT2D eigenvalue weighted by molar-refractivity contribution is 5.85. The van der Waals surface area contributed by atoms with Gasteiger partial charge in [0, 0.05) is 47.8 Å². The van der Waals surface area contributed by atoms with Crippen LogP contribution < -0.4 is 5.32 Å². The molecule has 0 amide bonds. The van der Waals surface area contributed by atoms with Gasteiger partial charge in [0.15, 0.2) is 0 Å². The Hall–Kier alpha value is -4.38. The molecule has 0 spiro atoms. The number of alkyl halides is 2. The van der Waals surface area contributed by atoms with Crippen LogP contribution in [0.2, 0.25) is 0 Å². The molecule has 4 aromatic rings. The third kappa shape index (κ3) is 4.62. The number of hydrogen-bond acceptors (Lipinski definition) is 7. The van der Waals surface area contributed by atoms with Crippen LogP contribution in [0.5, 0.6) is 0 Å². The van der Waals surface area contributed by atoms with Crippen molar-refractivity contribution < 1.29 is 8.78 Å². The lowest BCUT2D eigenvalue weighted by molar-refractivity contribution is 0.122. The molecular formula is C22H19F2N9. The fourth-order valence-electron chi connectivity index (χ4n) is 3.43. The summed E-state index contributed by atoms with van der Waals surface area (Å²) in [6.45, 7) is 1.60. The SMILES string of the molecule is CC(C#N)n1ccc2cc(-c3nn(CC(F)F)cc3-c3ccnc(NCCC#N)n3)cnc21. The normalized spacial score (nSPS) is 11.9. The topological polar surface area (TPSA) is 121 Å². The van der Waals surface area contributed by atoms with Gasteiger partial charge in [-0.1, -0.05) is 0 Å². The zero-order valence-electron chi connectivity index (χ0n) is 17.7. The molecular weight excluding hydrogens is 428 g/mol. The van der Waals surface area contributed by atoms with Gasteiger partial charge in [-0.2, -0.15) is 15.6 Å². The largest absolute Gasteiger partial charge is 0.353 e. The molecule has 1 unspecified atom stereocenters. The van der Waals surface area contributed by atoms with Crippen LogP contribution in [0.3, 0.4) is 0 Å². The number of fused-ring (bicyclic) bond motifs is 1. The minimum atomic E-state index is -2.57. The first-order valence-corrected chi connectivity index (χ1v) is 10.2. The Labute approximate surface area is 187 Å². The smallest absolute Gasteiger partial charge is 0.257 e. The van der Waals surface area contributed by atoms with E-state index in [1.54, 1.807) is 36.1 Å². The number of rotatable bonds is 8. The zero-order valence-corrected chi connectivity index (χ0v) is 17.7. The quantitative estimate of drug-likeness (QED) is 0.405. The molecule has 4 aromatic heterocycles. The molecule has 0 aromatic carbocycles. The van der Waals surface area contributed by atoms with Gasteiger partial charge in [0.2, 0.25) is 5.95 Å². The van der Waals surface area contributed by atoms with E-state index in [0.29, 0.717) is 47.1 Å². The first kappa shape index (κ1) is 21.8. The van der Waals surface area contributed by atoms with Gasteiger partial charge in [-0.05, 0) is 25.1 Å². The van der Waals surface area contributed by atoms with Crippen LogP contribution in [0.25, 0.3) is 33.5 Å². The van der Waals surface area contributed by atoms with E-state index in [0.717, 1.165) is 5.39 Å². The van der Waals surface area contributed by atoms with Crippen molar-refractivity contribution >= 4 is 17.0 Å². The van der Waals surface area contributed by atoms with E-state index in [4.69, 9.17) is 5.26 Å². The van der Waals surface area contributed by atoms with Crippen LogP contribution in [0, 0.1) is 22.7 Å². The molecule has 0 radical (unpaired) electrons. The second-order valence-corrected chi connectivity index (χ2v) is 7.27. The Balaban J connectivity index is 1.77. The van der Waals surface area contributed by atoms with E-state index in [-0.39, 0.29) is 6.04 Å². The third-order valence-electron chi connectivity index (χ3n) is 4.97. The standard InChI is InChI=1S/C22H19F2N9/c1-14(10-26)33-8-4-15-9-16(11-29-21(15)33)20-17(12-32(31-20)13-19(23)24)18-3-7-28-22(30-18)27-6-2-5-25/h3-4,7-9,11-12,14,19H,2,6,13H2,1H3,(H,27,28,30). The Bertz CT molecular complexity index is 1360. The average Bonchev–Trinajstić information content (AvgIpc) is 3.42. The van der Waals surface area contributed by atoms with Crippen LogP contribution in [0.15, 0.2) is 43.0 Å². The van der Waals surface area contributed by atoms with Crippen LogP contribution in [-0.4, -0.2) is 42.3 Å². The van der Waals surface area contributed by atoms with Crippen LogP contribution in [0.4, 0.5) is 14.7 Å². The molecule has 4 rings (SSSR count). The van der Waals surface area contributed by atoms with E-state index in [9.17, 15) is 14.0 Å². The third-order valence-corrected chi connectivity index (χ3v) is 4.97. The van der Waals surface area contributed by atoms with Gasteiger partial charge in [-0.25, -0.2) is 23.7 Å². The van der Waals surface area contributed by atoms with Crippen LogP contribution in [-0.2, 0) is 6.54 Å². The summed E-state index contributed by atoms with van der Waals surface area (Å²) in [4.78, 5) is 13.1. The summed E-state index contributed by atoms with van der Waals surface area (Å²) in [7, 11) is 0. The van der Waals surface area contributed by atoms with Gasteiger partial charge in [0.05, 0.1) is 24.3 Å². The number of aromatic nitrogens is 6. The number of nitriles is 2. The Kier molecular flexibility index (Phi) is 6.22. The molecule has 0 fully saturated rings. The molecule has 0 aliphatic carbocycles. The zero-order chi connectivity index (χ0) is 23.4. The minimum Gasteiger partial charge on any atom is -0.353 e. The average molecular weight is 447 g/mol. The van der Waals surface area contributed by atoms with Crippen molar-refractivity contribution in [2.45, 2.75) is 32.4 Å². The highest BCUT2D eigenvalue weighted by Crippen LogP contribution is 2.32. The lowest BCUT2D eigenvalue weighted by Gasteiger charge is -2.07. The maximum atomic E-state index is 13.1. The first-order valence-electron chi connectivity index (χ1n) is 10.2. The second kappa shape index (κ2) is 9.40. The molecule has 1 N–H and O–H groups in total. The molecule has 1 atom stereocenters. The molecule has 11 heteroatoms. The number of hydrogen-bond donors (Lipinski definition) is 1. The molecule has 33 heavy (non-hydrogen) atoms. The molecule has 166 valence electrons. The summed E-state index contributed by atoms with van der Waals surface area (Å²) in [6.07, 6.45) is 4.19. The van der Waals surface area contributed by atoms with Crippen molar-refractivity contribution in [3.8, 4) is 34.7 Å². The summed E-state index contributed by atoms with van der Waals surface area (Å²) in [5.74, 6) is 0.325. The lowest BCUT2D eigenvalue weighted by atomic mass is 10.1. The number of anilines is 1. The van der Waals surface area contributed by atoms with E-state index in [1.807, 2.05) is 18.2 Å². The van der Waals surface area contributed by atoms with Crippen molar-refractivity contribution in [2.75, 3.05) is 11.9 Å². The molecule has 4 heterocycles. The van der Waals surface area contributed by atoms with E-state index < -0.39 is 13.0 Å². The van der Waals surface area contributed by atoms with Crippen molar-refractivity contribution in [1.82, 2.24) is 29.3 Å². The minimum absolute atomic E-state index is 0.293. The van der Waals surface area contributed by atoms with Crippen molar-refractivity contribution in [3.05, 3.63) is 43.0 Å². The summed E-state index contributed by atoms with van der Waals surface area (Å²) in [5.41, 5.74) is 2.77. The fraction of sp³-hybridized carbons (Fsp3) is 0.273. The summed E-state index contributed by atoms with van der Waals surface area (Å²) < 4.78 is 29.1. The van der Waals surface area contributed by atoms with Gasteiger partial charge in [0.25, 0.3) is 6.43 Å². The Morgan fingerprint density at radius 1 is 1.21 bits per heavy atom. The second-order valence-electron chi connectivity index (χ2n) is 7.27. The molecule has 0 bridgehead atoms. The Morgan fingerprint density at radius 2 is 2.06 bits per heavy atom. The maximum Gasteiger partial charge on any atom is 0.257 e. The highest BCUT2D eigenvalue weighted by atomic mass is 19.3. The lowest BCUT2D eigenvalue weighted by Crippen LogP contribution is -2.06. The molecule has 0 saturated carbocycles.